The first kappa shape index (κ1) is 13.5. The molecule has 0 aliphatic heterocycles. The molecule has 0 heterocycles. The summed E-state index contributed by atoms with van der Waals surface area (Å²) in [4.78, 5) is 11.0. The lowest BCUT2D eigenvalue weighted by molar-refractivity contribution is 0.0697. The van der Waals surface area contributed by atoms with Crippen LogP contribution in [0.15, 0.2) is 18.2 Å². The van der Waals surface area contributed by atoms with E-state index < -0.39 is 5.97 Å². The highest BCUT2D eigenvalue weighted by atomic mass is 16.5. The number of aryl methyl sites for hydroxylation is 1. The number of carboxylic acids is 1. The Morgan fingerprint density at radius 3 is 2.82 bits per heavy atom. The van der Waals surface area contributed by atoms with Gasteiger partial charge in [0.25, 0.3) is 0 Å². The van der Waals surface area contributed by atoms with Crippen LogP contribution in [0.1, 0.15) is 15.9 Å². The molecule has 0 fully saturated rings. The maximum absolute atomic E-state index is 11.0. The number of hydrogen-bond donors (Lipinski definition) is 3. The molecule has 1 aromatic rings. The summed E-state index contributed by atoms with van der Waals surface area (Å²) in [6, 6.07) is 5.13. The zero-order valence-electron chi connectivity index (χ0n) is 9.77. The Balaban J connectivity index is 2.56. The van der Waals surface area contributed by atoms with Crippen LogP contribution in [0.3, 0.4) is 0 Å². The van der Waals surface area contributed by atoms with E-state index >= 15 is 0 Å². The zero-order chi connectivity index (χ0) is 12.7. The highest BCUT2D eigenvalue weighted by molar-refractivity contribution is 5.94. The molecule has 0 aromatic heterocycles. The molecule has 3 N–H and O–H groups in total. The number of carboxylic acid groups (broad SMARTS) is 1. The van der Waals surface area contributed by atoms with Gasteiger partial charge in [0.1, 0.15) is 0 Å². The number of aliphatic hydroxyl groups excluding tert-OH is 1. The minimum atomic E-state index is -0.955. The first-order valence-corrected chi connectivity index (χ1v) is 5.41. The summed E-state index contributed by atoms with van der Waals surface area (Å²) in [5.74, 6) is -0.955. The maximum Gasteiger partial charge on any atom is 0.337 e. The molecule has 1 rings (SSSR count). The van der Waals surface area contributed by atoms with Gasteiger partial charge in [-0.15, -0.1) is 0 Å². The summed E-state index contributed by atoms with van der Waals surface area (Å²) in [7, 11) is 0. The van der Waals surface area contributed by atoms with Crippen molar-refractivity contribution in [2.24, 2.45) is 0 Å². The molecule has 5 heteroatoms. The van der Waals surface area contributed by atoms with E-state index in [9.17, 15) is 4.79 Å². The van der Waals surface area contributed by atoms with E-state index in [4.69, 9.17) is 14.9 Å². The van der Waals surface area contributed by atoms with Crippen LogP contribution in [0, 0.1) is 6.92 Å². The molecule has 17 heavy (non-hydrogen) atoms. The van der Waals surface area contributed by atoms with Gasteiger partial charge in [0.15, 0.2) is 0 Å². The van der Waals surface area contributed by atoms with Gasteiger partial charge in [-0.1, -0.05) is 6.07 Å². The van der Waals surface area contributed by atoms with Gasteiger partial charge >= 0.3 is 5.97 Å². The lowest BCUT2D eigenvalue weighted by Crippen LogP contribution is -2.13. The molecule has 0 aliphatic carbocycles. The van der Waals surface area contributed by atoms with Crippen molar-refractivity contribution in [2.75, 3.05) is 31.7 Å². The van der Waals surface area contributed by atoms with E-state index in [1.54, 1.807) is 18.2 Å². The predicted octanol–water partition coefficient (Wildman–Crippen LogP) is 1.11. The van der Waals surface area contributed by atoms with Crippen LogP contribution < -0.4 is 5.32 Å². The average molecular weight is 239 g/mol. The Bertz CT molecular complexity index is 379. The van der Waals surface area contributed by atoms with Crippen molar-refractivity contribution in [3.63, 3.8) is 0 Å². The van der Waals surface area contributed by atoms with Gasteiger partial charge in [-0.05, 0) is 24.6 Å². The smallest absolute Gasteiger partial charge is 0.337 e. The van der Waals surface area contributed by atoms with Crippen LogP contribution in [-0.2, 0) is 4.74 Å². The Morgan fingerprint density at radius 2 is 2.18 bits per heavy atom. The molecule has 0 saturated heterocycles. The van der Waals surface area contributed by atoms with E-state index in [2.05, 4.69) is 5.32 Å². The van der Waals surface area contributed by atoms with Crippen LogP contribution in [0.25, 0.3) is 0 Å². The maximum atomic E-state index is 11.0. The molecule has 0 radical (unpaired) electrons. The van der Waals surface area contributed by atoms with Crippen molar-refractivity contribution >= 4 is 11.7 Å². The van der Waals surface area contributed by atoms with E-state index in [-0.39, 0.29) is 12.2 Å². The van der Waals surface area contributed by atoms with Crippen molar-refractivity contribution in [1.29, 1.82) is 0 Å². The van der Waals surface area contributed by atoms with Gasteiger partial charge in [-0.25, -0.2) is 4.79 Å². The summed E-state index contributed by atoms with van der Waals surface area (Å²) in [5.41, 5.74) is 1.83. The van der Waals surface area contributed by atoms with Gasteiger partial charge in [0.2, 0.25) is 0 Å². The molecule has 94 valence electrons. The highest BCUT2D eigenvalue weighted by Gasteiger charge is 2.09. The number of anilines is 1. The first-order valence-electron chi connectivity index (χ1n) is 5.41. The Hall–Kier alpha value is -1.59. The third kappa shape index (κ3) is 4.42. The first-order chi connectivity index (χ1) is 8.15. The fourth-order valence-electron chi connectivity index (χ4n) is 1.42. The molecular formula is C12H17NO4. The molecule has 0 aliphatic rings. The summed E-state index contributed by atoms with van der Waals surface area (Å²) < 4.78 is 5.08. The number of aromatic carboxylic acids is 1. The minimum absolute atomic E-state index is 0.00911. The Labute approximate surface area is 100 Å². The number of rotatable bonds is 7. The van der Waals surface area contributed by atoms with Crippen LogP contribution >= 0.6 is 0 Å². The predicted molar refractivity (Wildman–Crippen MR) is 64.5 cm³/mol. The summed E-state index contributed by atoms with van der Waals surface area (Å²) in [6.45, 7) is 3.11. The summed E-state index contributed by atoms with van der Waals surface area (Å²) in [5, 5.41) is 20.5. The topological polar surface area (TPSA) is 78.8 Å². The van der Waals surface area contributed by atoms with Crippen molar-refractivity contribution in [1.82, 2.24) is 0 Å². The second-order valence-electron chi connectivity index (χ2n) is 3.62. The number of nitrogens with one attached hydrogen (secondary N) is 1. The minimum Gasteiger partial charge on any atom is -0.478 e. The van der Waals surface area contributed by atoms with Gasteiger partial charge in [0.05, 0.1) is 25.4 Å². The molecule has 5 nitrogen and oxygen atoms in total. The van der Waals surface area contributed by atoms with Crippen molar-refractivity contribution in [3.8, 4) is 0 Å². The van der Waals surface area contributed by atoms with Crippen LogP contribution in [-0.4, -0.2) is 42.5 Å². The second kappa shape index (κ2) is 6.88. The van der Waals surface area contributed by atoms with E-state index in [1.807, 2.05) is 6.92 Å². The fourth-order valence-corrected chi connectivity index (χ4v) is 1.42. The van der Waals surface area contributed by atoms with Crippen molar-refractivity contribution < 1.29 is 19.7 Å². The van der Waals surface area contributed by atoms with Gasteiger partial charge < -0.3 is 20.3 Å². The number of hydrogen-bond acceptors (Lipinski definition) is 4. The molecule has 0 amide bonds. The monoisotopic (exact) mass is 239 g/mol. The third-order valence-corrected chi connectivity index (χ3v) is 2.20. The lowest BCUT2D eigenvalue weighted by Gasteiger charge is -2.10. The Morgan fingerprint density at radius 1 is 1.41 bits per heavy atom. The lowest BCUT2D eigenvalue weighted by atomic mass is 10.1. The van der Waals surface area contributed by atoms with Crippen LogP contribution in [0.5, 0.6) is 0 Å². The molecule has 0 bridgehead atoms. The van der Waals surface area contributed by atoms with Gasteiger partial charge in [-0.2, -0.15) is 0 Å². The van der Waals surface area contributed by atoms with Crippen molar-refractivity contribution in [3.05, 3.63) is 29.3 Å². The molecule has 0 atom stereocenters. The van der Waals surface area contributed by atoms with E-state index in [0.717, 1.165) is 5.56 Å². The number of benzene rings is 1. The van der Waals surface area contributed by atoms with Gasteiger partial charge in [-0.3, -0.25) is 0 Å². The average Bonchev–Trinajstić information content (AvgIpc) is 2.28. The van der Waals surface area contributed by atoms with Gasteiger partial charge in [0, 0.05) is 12.2 Å². The van der Waals surface area contributed by atoms with E-state index in [0.29, 0.717) is 25.4 Å². The largest absolute Gasteiger partial charge is 0.478 e. The molecule has 0 unspecified atom stereocenters. The Kier molecular flexibility index (Phi) is 5.45. The second-order valence-corrected chi connectivity index (χ2v) is 3.62. The number of ether oxygens (including phenoxy) is 1. The summed E-state index contributed by atoms with van der Waals surface area (Å²) >= 11 is 0. The number of aliphatic hydroxyl groups is 1. The molecule has 1 aromatic carbocycles. The van der Waals surface area contributed by atoms with E-state index in [1.165, 1.54) is 0 Å². The number of carbonyl (C=O) groups is 1. The fraction of sp³-hybridized carbons (Fsp3) is 0.417. The van der Waals surface area contributed by atoms with Crippen LogP contribution in [0.2, 0.25) is 0 Å². The molecular weight excluding hydrogens is 222 g/mol. The van der Waals surface area contributed by atoms with Crippen molar-refractivity contribution in [2.45, 2.75) is 6.92 Å². The zero-order valence-corrected chi connectivity index (χ0v) is 9.77. The quantitative estimate of drug-likeness (QED) is 0.621. The molecule has 0 saturated carbocycles. The third-order valence-electron chi connectivity index (χ3n) is 2.20. The highest BCUT2D eigenvalue weighted by Crippen LogP contribution is 2.17. The standard InChI is InChI=1S/C12H17NO4/c1-9-2-3-10(12(15)16)11(8-9)13-4-6-17-7-5-14/h2-3,8,13-14H,4-7H2,1H3,(H,15,16). The summed E-state index contributed by atoms with van der Waals surface area (Å²) in [6.07, 6.45) is 0. The SMILES string of the molecule is Cc1ccc(C(=O)O)c(NCCOCCO)c1. The van der Waals surface area contributed by atoms with Crippen LogP contribution in [0.4, 0.5) is 5.69 Å². The normalized spacial score (nSPS) is 10.2. The molecule has 0 spiro atoms.